The van der Waals surface area contributed by atoms with Gasteiger partial charge in [0, 0.05) is 42.0 Å². The van der Waals surface area contributed by atoms with E-state index in [0.29, 0.717) is 11.8 Å². The number of phenols is 1. The molecule has 4 fully saturated rings. The lowest BCUT2D eigenvalue weighted by molar-refractivity contribution is -0.312. The van der Waals surface area contributed by atoms with Crippen molar-refractivity contribution in [1.29, 1.82) is 0 Å². The van der Waals surface area contributed by atoms with Crippen LogP contribution in [-0.2, 0) is 23.1 Å². The smallest absolute Gasteiger partial charge is 0.165 e. The van der Waals surface area contributed by atoms with Gasteiger partial charge in [-0.15, -0.1) is 0 Å². The minimum absolute atomic E-state index is 0.0447. The van der Waals surface area contributed by atoms with Crippen LogP contribution in [0.1, 0.15) is 70.1 Å². The van der Waals surface area contributed by atoms with Gasteiger partial charge in [-0.3, -0.25) is 4.90 Å². The highest BCUT2D eigenvalue weighted by atomic mass is 16.6. The lowest BCUT2D eigenvalue weighted by Gasteiger charge is -2.75. The van der Waals surface area contributed by atoms with Gasteiger partial charge in [0.05, 0.1) is 5.60 Å². The number of fused-ring (bicyclic) bond motifs is 2. The van der Waals surface area contributed by atoms with Crippen LogP contribution in [0.25, 0.3) is 0 Å². The Morgan fingerprint density at radius 1 is 1.05 bits per heavy atom. The van der Waals surface area contributed by atoms with Gasteiger partial charge < -0.3 is 19.7 Å². The van der Waals surface area contributed by atoms with Crippen LogP contribution in [0.4, 0.5) is 0 Å². The van der Waals surface area contributed by atoms with Crippen LogP contribution >= 0.6 is 0 Å². The van der Waals surface area contributed by atoms with E-state index < -0.39 is 11.2 Å². The molecule has 2 aromatic carbocycles. The van der Waals surface area contributed by atoms with Gasteiger partial charge in [0.1, 0.15) is 11.7 Å². The van der Waals surface area contributed by atoms with Gasteiger partial charge in [-0.25, -0.2) is 0 Å². The van der Waals surface area contributed by atoms with E-state index in [2.05, 4.69) is 62.1 Å². The maximum atomic E-state index is 12.3. The molecule has 6 aliphatic rings. The minimum atomic E-state index is -0.947. The van der Waals surface area contributed by atoms with Gasteiger partial charge in [-0.2, -0.15) is 0 Å². The fourth-order valence-corrected chi connectivity index (χ4v) is 9.74. The fourth-order valence-electron chi connectivity index (χ4n) is 9.74. The molecule has 0 unspecified atom stereocenters. The second-order valence-electron chi connectivity index (χ2n) is 13.8. The highest BCUT2D eigenvalue weighted by molar-refractivity contribution is 5.63. The Hall–Kier alpha value is -2.08. The minimum Gasteiger partial charge on any atom is -0.504 e. The number of likely N-dealkylation sites (tertiary alicyclic amines) is 1. The summed E-state index contributed by atoms with van der Waals surface area (Å²) in [5.41, 5.74) is 1.80. The monoisotopic (exact) mass is 503 g/mol. The molecule has 8 rings (SSSR count). The van der Waals surface area contributed by atoms with E-state index in [1.165, 1.54) is 16.7 Å². The van der Waals surface area contributed by atoms with Crippen LogP contribution in [0.3, 0.4) is 0 Å². The summed E-state index contributed by atoms with van der Waals surface area (Å²) in [6, 6.07) is 15.1. The molecule has 7 atom stereocenters. The van der Waals surface area contributed by atoms with E-state index in [-0.39, 0.29) is 34.0 Å². The number of phenolic OH excluding ortho intramolecular Hbond substituents is 1. The fraction of sp³-hybridized carbons (Fsp3) is 0.625. The number of aromatic hydroxyl groups is 1. The number of ether oxygens (including phenoxy) is 2. The van der Waals surface area contributed by atoms with E-state index in [4.69, 9.17) is 9.47 Å². The average Bonchev–Trinajstić information content (AvgIpc) is 3.24. The van der Waals surface area contributed by atoms with Crippen molar-refractivity contribution in [2.24, 2.45) is 16.7 Å². The Kier molecular flexibility index (Phi) is 4.74. The third-order valence-corrected chi connectivity index (χ3v) is 11.9. The lowest BCUT2D eigenvalue weighted by atomic mass is 9.33. The van der Waals surface area contributed by atoms with Crippen LogP contribution in [0.5, 0.6) is 11.5 Å². The molecule has 0 amide bonds. The van der Waals surface area contributed by atoms with Gasteiger partial charge in [-0.1, -0.05) is 57.2 Å². The van der Waals surface area contributed by atoms with E-state index in [1.54, 1.807) is 0 Å². The first-order valence-electron chi connectivity index (χ1n) is 14.1. The Labute approximate surface area is 220 Å². The second-order valence-corrected chi connectivity index (χ2v) is 13.8. The summed E-state index contributed by atoms with van der Waals surface area (Å²) >= 11 is 0. The van der Waals surface area contributed by atoms with Gasteiger partial charge in [0.15, 0.2) is 11.5 Å². The van der Waals surface area contributed by atoms with Crippen molar-refractivity contribution in [3.8, 4) is 11.5 Å². The molecule has 0 radical (unpaired) electrons. The molecule has 2 N–H and O–H groups in total. The molecule has 2 spiro atoms. The van der Waals surface area contributed by atoms with Crippen molar-refractivity contribution in [1.82, 2.24) is 4.90 Å². The summed E-state index contributed by atoms with van der Waals surface area (Å²) in [5, 5.41) is 23.3. The summed E-state index contributed by atoms with van der Waals surface area (Å²) < 4.78 is 13.5. The largest absolute Gasteiger partial charge is 0.504 e. The first kappa shape index (κ1) is 24.0. The highest BCUT2D eigenvalue weighted by Crippen LogP contribution is 2.78. The normalized spacial score (nSPS) is 39.1. The average molecular weight is 504 g/mol. The molecule has 37 heavy (non-hydrogen) atoms. The van der Waals surface area contributed by atoms with Crippen LogP contribution in [-0.4, -0.2) is 52.1 Å². The molecule has 3 saturated carbocycles. The number of aliphatic hydroxyl groups is 1. The molecule has 2 aliphatic heterocycles. The molecular formula is C32H41NO4. The first-order valence-corrected chi connectivity index (χ1v) is 14.1. The van der Waals surface area contributed by atoms with Crippen LogP contribution in [0, 0.1) is 16.7 Å². The number of piperidine rings is 1. The van der Waals surface area contributed by atoms with Gasteiger partial charge in [0.25, 0.3) is 0 Å². The maximum absolute atomic E-state index is 12.3. The predicted octanol–water partition coefficient (Wildman–Crippen LogP) is 5.20. The van der Waals surface area contributed by atoms with E-state index in [9.17, 15) is 10.2 Å². The van der Waals surface area contributed by atoms with Crippen molar-refractivity contribution >= 4 is 0 Å². The van der Waals surface area contributed by atoms with Gasteiger partial charge >= 0.3 is 0 Å². The third kappa shape index (κ3) is 2.66. The van der Waals surface area contributed by atoms with Crippen molar-refractivity contribution in [3.63, 3.8) is 0 Å². The number of benzene rings is 2. The summed E-state index contributed by atoms with van der Waals surface area (Å²) in [4.78, 5) is 2.72. The summed E-state index contributed by atoms with van der Waals surface area (Å²) in [6.07, 6.45) is 4.57. The van der Waals surface area contributed by atoms with Crippen LogP contribution in [0.2, 0.25) is 0 Å². The summed E-state index contributed by atoms with van der Waals surface area (Å²) in [5.74, 6) is 0.850. The molecule has 2 aromatic rings. The zero-order valence-corrected chi connectivity index (χ0v) is 22.9. The Morgan fingerprint density at radius 2 is 1.81 bits per heavy atom. The van der Waals surface area contributed by atoms with Crippen molar-refractivity contribution in [3.05, 3.63) is 59.2 Å². The quantitative estimate of drug-likeness (QED) is 0.600. The van der Waals surface area contributed by atoms with Crippen molar-refractivity contribution < 1.29 is 19.7 Å². The lowest BCUT2D eigenvalue weighted by Crippen LogP contribution is -2.83. The number of nitrogens with zero attached hydrogens (tertiary/aromatic N) is 1. The third-order valence-electron chi connectivity index (χ3n) is 11.9. The first-order chi connectivity index (χ1) is 17.5. The van der Waals surface area contributed by atoms with E-state index in [0.717, 1.165) is 45.2 Å². The molecular weight excluding hydrogens is 462 g/mol. The van der Waals surface area contributed by atoms with Crippen LogP contribution < -0.4 is 4.74 Å². The van der Waals surface area contributed by atoms with Gasteiger partial charge in [-0.05, 0) is 68.2 Å². The molecule has 2 heterocycles. The van der Waals surface area contributed by atoms with E-state index in [1.807, 2.05) is 20.1 Å². The zero-order valence-electron chi connectivity index (χ0n) is 22.9. The SMILES string of the molecule is CO[C@]12CC[C@@]3(C[C@@H]1[C@](C)(O)C(C)(C)C)[C@H]1Cc4ccc(O)c5c4[C@@]3(CCN1Cc1ccccc1)[C@H]2O5. The molecule has 5 heteroatoms. The predicted molar refractivity (Wildman–Crippen MR) is 143 cm³/mol. The summed E-state index contributed by atoms with van der Waals surface area (Å²) in [6.45, 7) is 10.4. The molecule has 5 nitrogen and oxygen atoms in total. The topological polar surface area (TPSA) is 62.2 Å². The molecule has 198 valence electrons. The molecule has 4 aliphatic carbocycles. The highest BCUT2D eigenvalue weighted by Gasteiger charge is 2.82. The van der Waals surface area contributed by atoms with E-state index >= 15 is 0 Å². The summed E-state index contributed by atoms with van der Waals surface area (Å²) in [7, 11) is 1.82. The second kappa shape index (κ2) is 7.31. The number of methoxy groups -OCH3 is 1. The number of hydrogen-bond acceptors (Lipinski definition) is 5. The standard InChI is InChI=1S/C32H41NO4/c1-28(2,3)29(4,35)23-18-30-13-14-32(23,36-5)27-31(30)15-16-33(19-20-9-7-6-8-10-20)24(30)17-21-11-12-22(34)26(37-27)25(21)31/h6-12,23-24,27,34-35H,13-19H2,1-5H3/t23-,24-,27-,29+,30-,31+,32-/m1/s1. The van der Waals surface area contributed by atoms with Gasteiger partial charge in [0.2, 0.25) is 0 Å². The zero-order chi connectivity index (χ0) is 26.0. The Morgan fingerprint density at radius 3 is 2.51 bits per heavy atom. The van der Waals surface area contributed by atoms with Crippen molar-refractivity contribution in [2.75, 3.05) is 13.7 Å². The molecule has 0 aromatic heterocycles. The maximum Gasteiger partial charge on any atom is 0.165 e. The number of hydrogen-bond donors (Lipinski definition) is 2. The van der Waals surface area contributed by atoms with Crippen molar-refractivity contribution in [2.45, 2.75) is 95.1 Å². The molecule has 1 saturated heterocycles. The van der Waals surface area contributed by atoms with Crippen LogP contribution in [0.15, 0.2) is 42.5 Å². The number of rotatable bonds is 4. The Bertz CT molecular complexity index is 1250. The Balaban J connectivity index is 1.45. The molecule has 4 bridgehead atoms.